The van der Waals surface area contributed by atoms with E-state index in [4.69, 9.17) is 16.3 Å². The van der Waals surface area contributed by atoms with Crippen LogP contribution in [0.5, 0.6) is 0 Å². The summed E-state index contributed by atoms with van der Waals surface area (Å²) in [6, 6.07) is 9.58. The minimum atomic E-state index is -0.353. The molecular weight excluding hydrogens is 370 g/mol. The maximum atomic E-state index is 12.2. The highest BCUT2D eigenvalue weighted by Gasteiger charge is 2.25. The Morgan fingerprint density at radius 1 is 1.32 bits per heavy atom. The summed E-state index contributed by atoms with van der Waals surface area (Å²) < 4.78 is 5.81. The number of hydrogen-bond donors (Lipinski definition) is 0. The van der Waals surface area contributed by atoms with Gasteiger partial charge in [-0.3, -0.25) is 0 Å². The van der Waals surface area contributed by atoms with Gasteiger partial charge in [0.05, 0.1) is 12.2 Å². The number of nitrogens with zero attached hydrogens (tertiary/aromatic N) is 3. The van der Waals surface area contributed by atoms with Crippen LogP contribution in [0.3, 0.4) is 0 Å². The molecule has 1 aliphatic rings. The maximum absolute atomic E-state index is 12.2. The lowest BCUT2D eigenvalue weighted by molar-refractivity contribution is 0.0915. The van der Waals surface area contributed by atoms with Gasteiger partial charge in [-0.2, -0.15) is 0 Å². The first kappa shape index (κ1) is 15.2. The van der Waals surface area contributed by atoms with Crippen molar-refractivity contribution in [3.63, 3.8) is 0 Å². The fourth-order valence-electron chi connectivity index (χ4n) is 2.31. The monoisotopic (exact) mass is 381 g/mol. The Hall–Kier alpha value is -1.66. The van der Waals surface area contributed by atoms with E-state index < -0.39 is 0 Å². The molecule has 1 aliphatic heterocycles. The third-order valence-electron chi connectivity index (χ3n) is 3.45. The Bertz CT molecular complexity index is 697. The van der Waals surface area contributed by atoms with Crippen molar-refractivity contribution in [1.82, 2.24) is 14.9 Å². The highest BCUT2D eigenvalue weighted by Crippen LogP contribution is 2.25. The maximum Gasteiger partial charge on any atom is 0.410 e. The van der Waals surface area contributed by atoms with Crippen molar-refractivity contribution in [1.29, 1.82) is 0 Å². The highest BCUT2D eigenvalue weighted by atomic mass is 79.9. The van der Waals surface area contributed by atoms with Crippen LogP contribution in [0, 0.1) is 0 Å². The molecule has 0 N–H and O–H groups in total. The average molecular weight is 383 g/mol. The predicted molar refractivity (Wildman–Crippen MR) is 85.5 cm³/mol. The van der Waals surface area contributed by atoms with Crippen molar-refractivity contribution in [2.24, 2.45) is 0 Å². The molecule has 0 spiro atoms. The fourth-order valence-corrected chi connectivity index (χ4v) is 3.05. The Kier molecular flexibility index (Phi) is 4.59. The zero-order valence-electron chi connectivity index (χ0n) is 11.6. The first-order chi connectivity index (χ1) is 10.6. The van der Waals surface area contributed by atoms with Crippen molar-refractivity contribution >= 4 is 33.6 Å². The van der Waals surface area contributed by atoms with Crippen LogP contribution in [0.25, 0.3) is 0 Å². The number of aromatic nitrogens is 2. The van der Waals surface area contributed by atoms with Crippen LogP contribution in [0.4, 0.5) is 4.79 Å². The first-order valence-electron chi connectivity index (χ1n) is 6.80. The van der Waals surface area contributed by atoms with Gasteiger partial charge in [0.2, 0.25) is 0 Å². The van der Waals surface area contributed by atoms with Gasteiger partial charge in [0.1, 0.15) is 11.8 Å². The van der Waals surface area contributed by atoms with Crippen LogP contribution < -0.4 is 0 Å². The molecule has 3 rings (SSSR count). The van der Waals surface area contributed by atoms with Crippen LogP contribution in [0.15, 0.2) is 35.1 Å². The molecule has 2 heterocycles. The molecule has 0 atom stereocenters. The van der Waals surface area contributed by atoms with E-state index in [0.29, 0.717) is 29.4 Å². The quantitative estimate of drug-likeness (QED) is 0.588. The van der Waals surface area contributed by atoms with E-state index in [1.54, 1.807) is 4.90 Å². The minimum Gasteiger partial charge on any atom is -0.445 e. The van der Waals surface area contributed by atoms with Crippen LogP contribution in [-0.2, 0) is 24.3 Å². The molecule has 1 aromatic heterocycles. The van der Waals surface area contributed by atoms with Gasteiger partial charge < -0.3 is 9.64 Å². The summed E-state index contributed by atoms with van der Waals surface area (Å²) in [4.78, 5) is 22.2. The molecule has 0 bridgehead atoms. The van der Waals surface area contributed by atoms with E-state index in [-0.39, 0.29) is 12.7 Å². The van der Waals surface area contributed by atoms with E-state index in [0.717, 1.165) is 16.8 Å². The molecule has 7 heteroatoms. The van der Waals surface area contributed by atoms with E-state index in [2.05, 4.69) is 25.9 Å². The average Bonchev–Trinajstić information content (AvgIpc) is 2.53. The van der Waals surface area contributed by atoms with Crippen LogP contribution in [0.1, 0.15) is 16.8 Å². The lowest BCUT2D eigenvalue weighted by atomic mass is 10.1. The zero-order valence-corrected chi connectivity index (χ0v) is 14.0. The molecule has 22 heavy (non-hydrogen) atoms. The summed E-state index contributed by atoms with van der Waals surface area (Å²) in [7, 11) is 0. The van der Waals surface area contributed by atoms with Crippen molar-refractivity contribution < 1.29 is 9.53 Å². The molecule has 0 saturated heterocycles. The second kappa shape index (κ2) is 6.62. The van der Waals surface area contributed by atoms with Crippen molar-refractivity contribution in [2.45, 2.75) is 19.6 Å². The van der Waals surface area contributed by atoms with E-state index in [1.807, 2.05) is 30.3 Å². The number of carbonyl (C=O) groups is 1. The number of fused-ring (bicyclic) bond motifs is 1. The van der Waals surface area contributed by atoms with Crippen molar-refractivity contribution in [3.05, 3.63) is 57.0 Å². The third kappa shape index (κ3) is 3.39. The van der Waals surface area contributed by atoms with Gasteiger partial charge in [-0.25, -0.2) is 14.8 Å². The fraction of sp³-hybridized carbons (Fsp3) is 0.267. The van der Waals surface area contributed by atoms with Gasteiger partial charge in [-0.1, -0.05) is 41.9 Å². The predicted octanol–water partition coefficient (Wildman–Crippen LogP) is 3.59. The second-order valence-electron chi connectivity index (χ2n) is 4.92. The smallest absolute Gasteiger partial charge is 0.410 e. The molecule has 0 aliphatic carbocycles. The van der Waals surface area contributed by atoms with Gasteiger partial charge >= 0.3 is 6.09 Å². The number of amides is 1. The molecule has 1 amide bonds. The summed E-state index contributed by atoms with van der Waals surface area (Å²) in [5.41, 5.74) is 2.62. The summed E-state index contributed by atoms with van der Waals surface area (Å²) in [5.74, 6) is 0. The summed E-state index contributed by atoms with van der Waals surface area (Å²) in [6.07, 6.45) is 0.282. The minimum absolute atomic E-state index is 0.258. The van der Waals surface area contributed by atoms with Crippen LogP contribution >= 0.6 is 27.5 Å². The molecule has 0 unspecified atom stereocenters. The lowest BCUT2D eigenvalue weighted by Gasteiger charge is -2.27. The van der Waals surface area contributed by atoms with E-state index in [1.165, 1.54) is 0 Å². The number of rotatable bonds is 2. The lowest BCUT2D eigenvalue weighted by Crippen LogP contribution is -2.37. The number of halogens is 2. The molecule has 0 saturated carbocycles. The molecule has 0 fully saturated rings. The van der Waals surface area contributed by atoms with E-state index >= 15 is 0 Å². The largest absolute Gasteiger partial charge is 0.445 e. The topological polar surface area (TPSA) is 55.3 Å². The number of hydrogen-bond acceptors (Lipinski definition) is 4. The Morgan fingerprint density at radius 2 is 2.09 bits per heavy atom. The van der Waals surface area contributed by atoms with Gasteiger partial charge in [0, 0.05) is 18.5 Å². The van der Waals surface area contributed by atoms with Gasteiger partial charge in [-0.15, -0.1) is 0 Å². The number of carbonyl (C=O) groups excluding carboxylic acids is 1. The second-order valence-corrected chi connectivity index (χ2v) is 5.99. The molecule has 1 aromatic carbocycles. The molecule has 114 valence electrons. The summed E-state index contributed by atoms with van der Waals surface area (Å²) in [5, 5.41) is 0.373. The molecular formula is C15H13BrClN3O2. The van der Waals surface area contributed by atoms with Gasteiger partial charge in [-0.05, 0) is 21.5 Å². The summed E-state index contributed by atoms with van der Waals surface area (Å²) in [6.45, 7) is 1.18. The molecule has 0 radical (unpaired) electrons. The summed E-state index contributed by atoms with van der Waals surface area (Å²) >= 11 is 9.35. The van der Waals surface area contributed by atoms with Gasteiger partial charge in [0.25, 0.3) is 0 Å². The van der Waals surface area contributed by atoms with Crippen LogP contribution in [0.2, 0.25) is 5.15 Å². The van der Waals surface area contributed by atoms with Crippen LogP contribution in [-0.4, -0.2) is 27.5 Å². The SMILES string of the molecule is O=C(OCc1ccccc1)N1CCc2nc(Br)nc(Cl)c2C1. The number of benzene rings is 1. The third-order valence-corrected chi connectivity index (χ3v) is 4.11. The zero-order chi connectivity index (χ0) is 15.5. The van der Waals surface area contributed by atoms with Crippen molar-refractivity contribution in [2.75, 3.05) is 6.54 Å². The molecule has 5 nitrogen and oxygen atoms in total. The number of ether oxygens (including phenoxy) is 1. The Balaban J connectivity index is 1.65. The normalized spacial score (nSPS) is 13.6. The Morgan fingerprint density at radius 3 is 2.86 bits per heavy atom. The van der Waals surface area contributed by atoms with Gasteiger partial charge in [0.15, 0.2) is 4.73 Å². The van der Waals surface area contributed by atoms with Crippen molar-refractivity contribution in [3.8, 4) is 0 Å². The Labute approximate surface area is 141 Å². The molecule has 2 aromatic rings. The first-order valence-corrected chi connectivity index (χ1v) is 7.97. The highest BCUT2D eigenvalue weighted by molar-refractivity contribution is 9.10. The standard InChI is InChI=1S/C15H13BrClN3O2/c16-14-18-12-6-7-20(8-11(12)13(17)19-14)15(21)22-9-10-4-2-1-3-5-10/h1-5H,6-9H2. The van der Waals surface area contributed by atoms with E-state index in [9.17, 15) is 4.79 Å².